The van der Waals surface area contributed by atoms with Gasteiger partial charge in [0.2, 0.25) is 23.3 Å². The smallest absolute Gasteiger partial charge is 0.303 e. The Bertz CT molecular complexity index is 4390. The number of aromatic amines is 2. The normalized spacial score (nSPS) is 12.7. The van der Waals surface area contributed by atoms with Gasteiger partial charge in [-0.05, 0) is 97.9 Å². The number of aliphatic carboxylic acids is 2. The van der Waals surface area contributed by atoms with Crippen LogP contribution < -0.4 is 0 Å². The van der Waals surface area contributed by atoms with Crippen molar-refractivity contribution in [1.29, 1.82) is 0 Å². The minimum absolute atomic E-state index is 0.438. The van der Waals surface area contributed by atoms with Crippen LogP contribution in [0.4, 0.5) is 87.8 Å². The lowest BCUT2D eigenvalue weighted by atomic mass is 9.88. The monoisotopic (exact) mass is 1230 g/mol. The van der Waals surface area contributed by atoms with Gasteiger partial charge in [0.25, 0.3) is 0 Å². The Kier molecular flexibility index (Phi) is 15.9. The summed E-state index contributed by atoms with van der Waals surface area (Å²) in [5.41, 5.74) is -27.5. The van der Waals surface area contributed by atoms with Gasteiger partial charge in [-0.15, -0.1) is 0 Å². The van der Waals surface area contributed by atoms with Gasteiger partial charge < -0.3 is 20.2 Å². The maximum atomic E-state index is 17.0. The molecule has 0 fully saturated rings. The molecule has 86 heavy (non-hydrogen) atoms. The first kappa shape index (κ1) is 61.6. The lowest BCUT2D eigenvalue weighted by Crippen LogP contribution is -2.08. The van der Waals surface area contributed by atoms with E-state index in [0.29, 0.717) is 0 Å². The Hall–Kier alpha value is -8.98. The van der Waals surface area contributed by atoms with Crippen molar-refractivity contribution in [2.24, 2.45) is 0 Å². The number of carbonyl (C=O) groups is 2. The fourth-order valence-corrected chi connectivity index (χ4v) is 11.0. The van der Waals surface area contributed by atoms with Crippen molar-refractivity contribution >= 4 is 56.3 Å². The molecule has 3 aromatic heterocycles. The number of aromatic nitrogens is 4. The predicted molar refractivity (Wildman–Crippen MR) is 269 cm³/mol. The molecule has 8 bridgehead atoms. The van der Waals surface area contributed by atoms with E-state index in [2.05, 4.69) is 19.9 Å². The Morgan fingerprint density at radius 3 is 0.837 bits per heavy atom. The average molecular weight is 1230 g/mol. The number of rotatable bonds is 12. The van der Waals surface area contributed by atoms with Gasteiger partial charge in [0.05, 0.1) is 67.1 Å². The molecule has 0 radical (unpaired) electrons. The summed E-state index contributed by atoms with van der Waals surface area (Å²) in [4.78, 5) is 38.4. The molecule has 2 aliphatic heterocycles. The van der Waals surface area contributed by atoms with Crippen molar-refractivity contribution in [3.63, 3.8) is 0 Å². The topological polar surface area (TPSA) is 132 Å². The van der Waals surface area contributed by atoms with E-state index in [1.165, 1.54) is 13.8 Å². The molecule has 0 saturated heterocycles. The standard InChI is InChI=1S/C58H34F20N4O4/c1-7-17-13(3)51-27(23-31(59)39(67)47(75)40(68)32(23)60)53-15(5)19(9-11-21(83)84)57(81-53)30(26-37(65)45(73)50(78)46(74)38(26)66)58-20(10-12-22(85)86)16(6)54(82-58)29(25-35(63)43(71)49(77)44(72)36(25)64)56-18(8-2)14(4)52(80-56)28(55(17)79-51)24-33(61)41(69)48(76)42(70)34(24)62/h79-80H,7-12H2,1-6H3,(H,83,84)(H,85,86). The zero-order chi connectivity index (χ0) is 63.6. The second-order valence-corrected chi connectivity index (χ2v) is 19.6. The average Bonchev–Trinajstić information content (AvgIpc) is 1.89. The first-order valence-corrected chi connectivity index (χ1v) is 25.1. The largest absolute Gasteiger partial charge is 0.481 e. The number of hydrogen-bond donors (Lipinski definition) is 4. The number of allylic oxidation sites excluding steroid dienone is 4. The summed E-state index contributed by atoms with van der Waals surface area (Å²) in [5, 5.41) is 20.1. The SMILES string of the molecule is CCc1c(C)c2[nH]c1c(-c1c(F)c(F)c(F)c(F)c1F)c1nc(c(-c3c(F)c(F)c(F)c(F)c3F)c3nc(c(-c4c(F)c(F)c(F)c(F)c4F)c4[nH]c(c(CC)c4C)c2-c2c(F)c(F)c(F)c(F)c2F)C(C)=C3CCC(=O)O)C(CCC(=O)O)=C1C. The maximum absolute atomic E-state index is 17.0. The number of hydrogen-bond acceptors (Lipinski definition) is 4. The van der Waals surface area contributed by atoms with Crippen molar-refractivity contribution in [1.82, 2.24) is 19.9 Å². The van der Waals surface area contributed by atoms with Crippen molar-refractivity contribution in [2.75, 3.05) is 0 Å². The van der Waals surface area contributed by atoms with Crippen LogP contribution >= 0.6 is 0 Å². The highest BCUT2D eigenvalue weighted by Gasteiger charge is 2.40. The second kappa shape index (κ2) is 22.1. The summed E-state index contributed by atoms with van der Waals surface area (Å²) < 4.78 is 321. The fraction of sp³-hybridized carbons (Fsp3) is 0.207. The Balaban J connectivity index is 1.82. The van der Waals surface area contributed by atoms with Crippen molar-refractivity contribution in [2.45, 2.75) is 80.1 Å². The first-order chi connectivity index (χ1) is 40.3. The molecular formula is C58H34F20N4O4. The molecule has 7 aromatic rings. The molecular weight excluding hydrogens is 1200 g/mol. The summed E-state index contributed by atoms with van der Waals surface area (Å²) in [5.74, 6) is -58.3. The van der Waals surface area contributed by atoms with Crippen LogP contribution in [0, 0.1) is 130 Å². The van der Waals surface area contributed by atoms with Crippen molar-refractivity contribution < 1.29 is 108 Å². The minimum Gasteiger partial charge on any atom is -0.481 e. The Morgan fingerprint density at radius 2 is 0.558 bits per heavy atom. The Labute approximate surface area is 468 Å². The molecule has 0 aliphatic carbocycles. The number of aryl methyl sites for hydroxylation is 4. The molecule has 4 aromatic carbocycles. The molecule has 0 amide bonds. The molecule has 28 heteroatoms. The van der Waals surface area contributed by atoms with Crippen LogP contribution in [0.15, 0.2) is 0 Å². The molecule has 0 unspecified atom stereocenters. The zero-order valence-electron chi connectivity index (χ0n) is 44.4. The second-order valence-electron chi connectivity index (χ2n) is 19.6. The molecule has 8 nitrogen and oxygen atoms in total. The number of carboxylic acid groups (broad SMARTS) is 2. The molecule has 0 atom stereocenters. The van der Waals surface area contributed by atoms with Crippen molar-refractivity contribution in [3.8, 4) is 44.5 Å². The van der Waals surface area contributed by atoms with E-state index in [0.717, 1.165) is 27.7 Å². The minimum atomic E-state index is -2.85. The van der Waals surface area contributed by atoms with E-state index in [9.17, 15) is 19.8 Å². The van der Waals surface area contributed by atoms with E-state index >= 15 is 87.8 Å². The van der Waals surface area contributed by atoms with E-state index in [4.69, 9.17) is 0 Å². The third kappa shape index (κ3) is 9.06. The van der Waals surface area contributed by atoms with E-state index < -0.39 is 301 Å². The molecule has 0 spiro atoms. The number of benzene rings is 4. The molecule has 5 heterocycles. The molecule has 0 saturated carbocycles. The third-order valence-corrected chi connectivity index (χ3v) is 15.1. The summed E-state index contributed by atoms with van der Waals surface area (Å²) in [6.07, 6.45) is -5.68. The van der Waals surface area contributed by atoms with Gasteiger partial charge in [0, 0.05) is 35.1 Å². The number of nitrogens with zero attached hydrogens (tertiary/aromatic N) is 2. The molecule has 9 rings (SSSR count). The van der Waals surface area contributed by atoms with Gasteiger partial charge in [-0.2, -0.15) is 0 Å². The third-order valence-electron chi connectivity index (χ3n) is 15.1. The van der Waals surface area contributed by atoms with Crippen LogP contribution in [0.1, 0.15) is 98.4 Å². The van der Waals surface area contributed by atoms with Crippen LogP contribution in [0.5, 0.6) is 0 Å². The van der Waals surface area contributed by atoms with Gasteiger partial charge in [0.1, 0.15) is 0 Å². The van der Waals surface area contributed by atoms with Gasteiger partial charge in [-0.25, -0.2) is 97.8 Å². The van der Waals surface area contributed by atoms with Crippen molar-refractivity contribution in [3.05, 3.63) is 161 Å². The summed E-state index contributed by atoms with van der Waals surface area (Å²) in [7, 11) is 0. The van der Waals surface area contributed by atoms with Gasteiger partial charge in [-0.3, -0.25) is 9.59 Å². The predicted octanol–water partition coefficient (Wildman–Crippen LogP) is 17.1. The van der Waals surface area contributed by atoms with Gasteiger partial charge in [-0.1, -0.05) is 13.8 Å². The summed E-state index contributed by atoms with van der Waals surface area (Å²) in [6.45, 7) is 6.11. The number of H-pyrrole nitrogens is 2. The highest BCUT2D eigenvalue weighted by atomic mass is 19.2. The fourth-order valence-electron chi connectivity index (χ4n) is 11.0. The number of nitrogens with one attached hydrogen (secondary N) is 2. The van der Waals surface area contributed by atoms with E-state index in [1.807, 2.05) is 0 Å². The number of fused-ring (bicyclic) bond motifs is 8. The van der Waals surface area contributed by atoms with Crippen LogP contribution in [0.3, 0.4) is 0 Å². The van der Waals surface area contributed by atoms with Gasteiger partial charge >= 0.3 is 11.9 Å². The van der Waals surface area contributed by atoms with Crippen LogP contribution in [-0.2, 0) is 22.4 Å². The van der Waals surface area contributed by atoms with Gasteiger partial charge in [0.15, 0.2) is 93.1 Å². The molecule has 4 N–H and O–H groups in total. The van der Waals surface area contributed by atoms with E-state index in [1.54, 1.807) is 0 Å². The lowest BCUT2D eigenvalue weighted by Gasteiger charge is -2.15. The van der Waals surface area contributed by atoms with Crippen LogP contribution in [-0.4, -0.2) is 42.1 Å². The van der Waals surface area contributed by atoms with Crippen LogP contribution in [0.25, 0.3) is 88.9 Å². The number of halogens is 20. The van der Waals surface area contributed by atoms with Crippen LogP contribution in [0.2, 0.25) is 0 Å². The van der Waals surface area contributed by atoms with E-state index in [-0.39, 0.29) is 0 Å². The molecule has 450 valence electrons. The maximum Gasteiger partial charge on any atom is 0.303 e. The zero-order valence-corrected chi connectivity index (χ0v) is 44.4. The molecule has 2 aliphatic rings. The first-order valence-electron chi connectivity index (χ1n) is 25.1. The highest BCUT2D eigenvalue weighted by molar-refractivity contribution is 6.09. The lowest BCUT2D eigenvalue weighted by molar-refractivity contribution is -0.137. The number of carboxylic acids is 2. The summed E-state index contributed by atoms with van der Waals surface area (Å²) in [6, 6.07) is 0. The summed E-state index contributed by atoms with van der Waals surface area (Å²) >= 11 is 0. The Morgan fingerprint density at radius 1 is 0.326 bits per heavy atom. The highest BCUT2D eigenvalue weighted by Crippen LogP contribution is 2.52. The quantitative estimate of drug-likeness (QED) is 0.0547.